The monoisotopic (exact) mass is 373 g/mol. The Labute approximate surface area is 158 Å². The number of nitrogens with zero attached hydrogens (tertiary/aromatic N) is 1. The van der Waals surface area contributed by atoms with Crippen LogP contribution in [0.2, 0.25) is 0 Å². The first-order valence-corrected chi connectivity index (χ1v) is 8.70. The van der Waals surface area contributed by atoms with Crippen molar-refractivity contribution in [1.82, 2.24) is 0 Å². The molecule has 7 heteroatoms. The second-order valence-corrected chi connectivity index (χ2v) is 6.30. The molecule has 2 aromatic carbocycles. The summed E-state index contributed by atoms with van der Waals surface area (Å²) >= 11 is 0. The summed E-state index contributed by atoms with van der Waals surface area (Å²) in [5, 5.41) is 10.7. The van der Waals surface area contributed by atoms with Crippen LogP contribution in [0.1, 0.15) is 36.7 Å². The molecule has 0 spiro atoms. The van der Waals surface area contributed by atoms with E-state index in [1.54, 1.807) is 30.3 Å². The maximum absolute atomic E-state index is 12.3. The maximum Gasteiger partial charge on any atom is 0.338 e. The lowest BCUT2D eigenvalue weighted by molar-refractivity contribution is -0.384. The minimum absolute atomic E-state index is 0.0107. The highest BCUT2D eigenvalue weighted by Crippen LogP contribution is 2.29. The maximum atomic E-state index is 12.3. The molecule has 0 atom stereocenters. The van der Waals surface area contributed by atoms with Gasteiger partial charge in [0.15, 0.2) is 11.5 Å². The Morgan fingerprint density at radius 3 is 2.37 bits per heavy atom. The number of nitro benzene ring substituents is 1. The highest BCUT2D eigenvalue weighted by molar-refractivity contribution is 5.90. The van der Waals surface area contributed by atoms with Crippen LogP contribution in [-0.4, -0.2) is 24.1 Å². The number of hydrogen-bond donors (Lipinski definition) is 0. The molecule has 27 heavy (non-hydrogen) atoms. The average molecular weight is 373 g/mol. The number of hydrogen-bond acceptors (Lipinski definition) is 6. The predicted molar refractivity (Wildman–Crippen MR) is 100 cm³/mol. The van der Waals surface area contributed by atoms with Crippen LogP contribution in [-0.2, 0) is 11.3 Å². The topological polar surface area (TPSA) is 87.9 Å². The fraction of sp³-hybridized carbons (Fsp3) is 0.350. The quantitative estimate of drug-likeness (QED) is 0.368. The van der Waals surface area contributed by atoms with E-state index in [4.69, 9.17) is 14.2 Å². The summed E-state index contributed by atoms with van der Waals surface area (Å²) in [7, 11) is 0. The minimum atomic E-state index is -0.510. The second-order valence-electron chi connectivity index (χ2n) is 6.30. The van der Waals surface area contributed by atoms with E-state index in [9.17, 15) is 14.9 Å². The van der Waals surface area contributed by atoms with Crippen molar-refractivity contribution in [2.75, 3.05) is 13.2 Å². The van der Waals surface area contributed by atoms with Gasteiger partial charge in [-0.2, -0.15) is 0 Å². The Bertz CT molecular complexity index is 786. The molecule has 7 nitrogen and oxygen atoms in total. The van der Waals surface area contributed by atoms with Gasteiger partial charge in [0.05, 0.1) is 23.7 Å². The van der Waals surface area contributed by atoms with E-state index in [1.807, 2.05) is 20.8 Å². The summed E-state index contributed by atoms with van der Waals surface area (Å²) < 4.78 is 16.6. The van der Waals surface area contributed by atoms with Crippen LogP contribution in [0.5, 0.6) is 11.5 Å². The summed E-state index contributed by atoms with van der Waals surface area (Å²) in [6.07, 6.45) is 0. The van der Waals surface area contributed by atoms with Crippen LogP contribution < -0.4 is 9.47 Å². The molecule has 2 aromatic rings. The lowest BCUT2D eigenvalue weighted by Gasteiger charge is -2.14. The van der Waals surface area contributed by atoms with Crippen molar-refractivity contribution in [3.8, 4) is 11.5 Å². The molecule has 0 heterocycles. The highest BCUT2D eigenvalue weighted by atomic mass is 16.6. The van der Waals surface area contributed by atoms with Crippen LogP contribution in [0.4, 0.5) is 5.69 Å². The largest absolute Gasteiger partial charge is 0.490 e. The minimum Gasteiger partial charge on any atom is -0.490 e. The number of carbonyl (C=O) groups is 1. The fourth-order valence-electron chi connectivity index (χ4n) is 2.23. The molecule has 0 aliphatic carbocycles. The molecule has 2 rings (SSSR count). The molecule has 0 N–H and O–H groups in total. The molecule has 0 radical (unpaired) electrons. The Balaban J connectivity index is 2.04. The number of esters is 1. The summed E-state index contributed by atoms with van der Waals surface area (Å²) in [5.41, 5.74) is 0.997. The molecule has 0 unspecified atom stereocenters. The van der Waals surface area contributed by atoms with Crippen molar-refractivity contribution in [2.24, 2.45) is 5.92 Å². The summed E-state index contributed by atoms with van der Waals surface area (Å²) in [6.45, 7) is 6.95. The van der Waals surface area contributed by atoms with Crippen molar-refractivity contribution < 1.29 is 23.9 Å². The van der Waals surface area contributed by atoms with Crippen molar-refractivity contribution in [1.29, 1.82) is 0 Å². The highest BCUT2D eigenvalue weighted by Gasteiger charge is 2.14. The Kier molecular flexibility index (Phi) is 7.16. The van der Waals surface area contributed by atoms with E-state index in [0.717, 1.165) is 0 Å². The molecule has 0 aliphatic rings. The van der Waals surface area contributed by atoms with Gasteiger partial charge in [0.25, 0.3) is 5.69 Å². The lowest BCUT2D eigenvalue weighted by Crippen LogP contribution is -2.09. The number of non-ortho nitro benzene ring substituents is 1. The molecule has 0 amide bonds. The normalized spacial score (nSPS) is 10.5. The molecule has 0 aliphatic heterocycles. The zero-order valence-electron chi connectivity index (χ0n) is 15.6. The zero-order chi connectivity index (χ0) is 19.8. The van der Waals surface area contributed by atoms with Gasteiger partial charge in [-0.1, -0.05) is 13.8 Å². The van der Waals surface area contributed by atoms with Crippen molar-refractivity contribution in [3.63, 3.8) is 0 Å². The molecule has 0 aromatic heterocycles. The van der Waals surface area contributed by atoms with Crippen LogP contribution >= 0.6 is 0 Å². The van der Waals surface area contributed by atoms with E-state index in [2.05, 4.69) is 0 Å². The molecular formula is C20H23NO6. The van der Waals surface area contributed by atoms with Crippen LogP contribution in [0, 0.1) is 16.0 Å². The SMILES string of the molecule is CCOc1cc(C(=O)OCc2ccc([N+](=O)[O-])cc2)ccc1OCC(C)C. The van der Waals surface area contributed by atoms with Gasteiger partial charge in [-0.3, -0.25) is 10.1 Å². The summed E-state index contributed by atoms with van der Waals surface area (Å²) in [4.78, 5) is 22.5. The Morgan fingerprint density at radius 1 is 1.07 bits per heavy atom. The molecule has 0 bridgehead atoms. The van der Waals surface area contributed by atoms with Gasteiger partial charge in [-0.25, -0.2) is 4.79 Å². The second kappa shape index (κ2) is 9.56. The van der Waals surface area contributed by atoms with Gasteiger partial charge < -0.3 is 14.2 Å². The summed E-state index contributed by atoms with van der Waals surface area (Å²) in [6, 6.07) is 10.8. The standard InChI is InChI=1S/C20H23NO6/c1-4-25-19-11-16(7-10-18(19)26-12-14(2)3)20(22)27-13-15-5-8-17(9-6-15)21(23)24/h5-11,14H,4,12-13H2,1-3H3. The van der Waals surface area contributed by atoms with E-state index in [0.29, 0.717) is 41.8 Å². The molecule has 144 valence electrons. The lowest BCUT2D eigenvalue weighted by atomic mass is 10.2. The Hall–Kier alpha value is -3.09. The molecule has 0 fully saturated rings. The van der Waals surface area contributed by atoms with Gasteiger partial charge in [-0.05, 0) is 48.7 Å². The van der Waals surface area contributed by atoms with Gasteiger partial charge >= 0.3 is 5.97 Å². The van der Waals surface area contributed by atoms with Crippen molar-refractivity contribution in [3.05, 3.63) is 63.7 Å². The number of carbonyl (C=O) groups excluding carboxylic acids is 1. The van der Waals surface area contributed by atoms with Gasteiger partial charge in [-0.15, -0.1) is 0 Å². The fourth-order valence-corrected chi connectivity index (χ4v) is 2.23. The van der Waals surface area contributed by atoms with Gasteiger partial charge in [0.2, 0.25) is 0 Å². The molecule has 0 saturated heterocycles. The molecular weight excluding hydrogens is 350 g/mol. The van der Waals surface area contributed by atoms with Gasteiger partial charge in [0.1, 0.15) is 6.61 Å². The van der Waals surface area contributed by atoms with Gasteiger partial charge in [0, 0.05) is 12.1 Å². The third kappa shape index (κ3) is 5.99. The van der Waals surface area contributed by atoms with E-state index < -0.39 is 10.9 Å². The van der Waals surface area contributed by atoms with E-state index in [-0.39, 0.29) is 12.3 Å². The molecule has 0 saturated carbocycles. The first kappa shape index (κ1) is 20.2. The predicted octanol–water partition coefficient (Wildman–Crippen LogP) is 4.39. The van der Waals surface area contributed by atoms with E-state index >= 15 is 0 Å². The van der Waals surface area contributed by atoms with E-state index in [1.165, 1.54) is 12.1 Å². The van der Waals surface area contributed by atoms with Crippen LogP contribution in [0.3, 0.4) is 0 Å². The van der Waals surface area contributed by atoms with Crippen LogP contribution in [0.25, 0.3) is 0 Å². The smallest absolute Gasteiger partial charge is 0.338 e. The Morgan fingerprint density at radius 2 is 1.78 bits per heavy atom. The summed E-state index contributed by atoms with van der Waals surface area (Å²) in [5.74, 6) is 0.927. The third-order valence-corrected chi connectivity index (χ3v) is 3.57. The number of ether oxygens (including phenoxy) is 3. The van der Waals surface area contributed by atoms with Crippen molar-refractivity contribution >= 4 is 11.7 Å². The number of rotatable bonds is 9. The van der Waals surface area contributed by atoms with Crippen molar-refractivity contribution in [2.45, 2.75) is 27.4 Å². The first-order chi connectivity index (χ1) is 12.9. The first-order valence-electron chi connectivity index (χ1n) is 8.70. The number of benzene rings is 2. The van der Waals surface area contributed by atoms with Crippen LogP contribution in [0.15, 0.2) is 42.5 Å². The number of nitro groups is 1. The third-order valence-electron chi connectivity index (χ3n) is 3.57. The average Bonchev–Trinajstić information content (AvgIpc) is 2.65. The zero-order valence-corrected chi connectivity index (χ0v) is 15.6.